The van der Waals surface area contributed by atoms with Crippen molar-refractivity contribution in [2.45, 2.75) is 18.6 Å². The number of rotatable bonds is 2. The molecule has 1 unspecified atom stereocenters. The topological polar surface area (TPSA) is 26.0 Å². The van der Waals surface area contributed by atoms with E-state index in [2.05, 4.69) is 15.9 Å². The van der Waals surface area contributed by atoms with Crippen LogP contribution in [-0.2, 0) is 6.42 Å². The van der Waals surface area contributed by atoms with Crippen molar-refractivity contribution < 1.29 is 17.6 Å². The van der Waals surface area contributed by atoms with Gasteiger partial charge in [0.25, 0.3) is 0 Å². The lowest BCUT2D eigenvalue weighted by Gasteiger charge is -2.15. The Morgan fingerprint density at radius 3 is 2.38 bits per heavy atom. The summed E-state index contributed by atoms with van der Waals surface area (Å²) in [7, 11) is 0. The van der Waals surface area contributed by atoms with Gasteiger partial charge in [0, 0.05) is 4.47 Å². The van der Waals surface area contributed by atoms with E-state index in [-0.39, 0.29) is 18.0 Å². The first-order valence-corrected chi connectivity index (χ1v) is 4.86. The molecule has 92 valence electrons. The Kier molecular flexibility index (Phi) is 5.72. The van der Waals surface area contributed by atoms with Crippen LogP contribution in [0.3, 0.4) is 0 Å². The summed E-state index contributed by atoms with van der Waals surface area (Å²) in [4.78, 5) is 0. The SMILES string of the molecule is Cl.NC(Cc1cc(Br)ccc1F)C(F)(F)F. The van der Waals surface area contributed by atoms with Crippen LogP contribution in [-0.4, -0.2) is 12.2 Å². The molecule has 16 heavy (non-hydrogen) atoms. The first-order valence-electron chi connectivity index (χ1n) is 4.07. The van der Waals surface area contributed by atoms with Crippen LogP contribution in [0.5, 0.6) is 0 Å². The van der Waals surface area contributed by atoms with Crippen molar-refractivity contribution in [3.8, 4) is 0 Å². The fourth-order valence-corrected chi connectivity index (χ4v) is 1.46. The molecule has 0 aliphatic rings. The Bertz CT molecular complexity index is 356. The zero-order valence-electron chi connectivity index (χ0n) is 7.89. The van der Waals surface area contributed by atoms with Crippen LogP contribution < -0.4 is 5.73 Å². The Labute approximate surface area is 105 Å². The monoisotopic (exact) mass is 321 g/mol. The maximum atomic E-state index is 13.1. The average Bonchev–Trinajstić information content (AvgIpc) is 2.09. The molecule has 0 amide bonds. The van der Waals surface area contributed by atoms with Gasteiger partial charge in [-0.1, -0.05) is 15.9 Å². The van der Waals surface area contributed by atoms with Crippen molar-refractivity contribution in [3.05, 3.63) is 34.1 Å². The average molecular weight is 323 g/mol. The lowest BCUT2D eigenvalue weighted by molar-refractivity contribution is -0.147. The van der Waals surface area contributed by atoms with Crippen molar-refractivity contribution in [1.82, 2.24) is 0 Å². The second-order valence-electron chi connectivity index (χ2n) is 3.09. The molecule has 0 saturated heterocycles. The molecule has 1 nitrogen and oxygen atoms in total. The standard InChI is InChI=1S/C9H8BrF4N.ClH/c10-6-1-2-7(11)5(3-6)4-8(15)9(12,13)14;/h1-3,8H,4,15H2;1H. The van der Waals surface area contributed by atoms with Crippen LogP contribution in [0.1, 0.15) is 5.56 Å². The van der Waals surface area contributed by atoms with E-state index in [1.54, 1.807) is 0 Å². The summed E-state index contributed by atoms with van der Waals surface area (Å²) in [5.41, 5.74) is 4.85. The van der Waals surface area contributed by atoms with Crippen molar-refractivity contribution in [2.75, 3.05) is 0 Å². The molecule has 1 aromatic carbocycles. The fourth-order valence-electron chi connectivity index (χ4n) is 1.05. The second-order valence-corrected chi connectivity index (χ2v) is 4.00. The van der Waals surface area contributed by atoms with Crippen LogP contribution in [0, 0.1) is 5.82 Å². The lowest BCUT2D eigenvalue weighted by Crippen LogP contribution is -2.39. The summed E-state index contributed by atoms with van der Waals surface area (Å²) in [6.07, 6.45) is -5.07. The molecule has 0 fully saturated rings. The molecule has 0 bridgehead atoms. The highest BCUT2D eigenvalue weighted by Crippen LogP contribution is 2.23. The Morgan fingerprint density at radius 1 is 1.31 bits per heavy atom. The van der Waals surface area contributed by atoms with Gasteiger partial charge in [-0.15, -0.1) is 12.4 Å². The molecule has 0 aromatic heterocycles. The first-order chi connectivity index (χ1) is 6.80. The van der Waals surface area contributed by atoms with Gasteiger partial charge in [-0.2, -0.15) is 13.2 Å². The highest BCUT2D eigenvalue weighted by Gasteiger charge is 2.36. The first kappa shape index (κ1) is 15.7. The van der Waals surface area contributed by atoms with Gasteiger partial charge in [0.05, 0.1) is 0 Å². The second kappa shape index (κ2) is 5.84. The molecule has 0 saturated carbocycles. The lowest BCUT2D eigenvalue weighted by atomic mass is 10.1. The van der Waals surface area contributed by atoms with E-state index in [9.17, 15) is 17.6 Å². The number of alkyl halides is 3. The van der Waals surface area contributed by atoms with Crippen molar-refractivity contribution in [2.24, 2.45) is 5.73 Å². The van der Waals surface area contributed by atoms with Gasteiger partial charge in [0.15, 0.2) is 0 Å². The minimum absolute atomic E-state index is 0. The molecule has 1 aromatic rings. The van der Waals surface area contributed by atoms with E-state index in [4.69, 9.17) is 5.73 Å². The molecule has 0 aliphatic carbocycles. The van der Waals surface area contributed by atoms with E-state index in [0.717, 1.165) is 6.07 Å². The zero-order valence-corrected chi connectivity index (χ0v) is 10.3. The zero-order chi connectivity index (χ0) is 11.6. The number of benzene rings is 1. The van der Waals surface area contributed by atoms with Gasteiger partial charge in [-0.25, -0.2) is 4.39 Å². The fraction of sp³-hybridized carbons (Fsp3) is 0.333. The van der Waals surface area contributed by atoms with Crippen molar-refractivity contribution >= 4 is 28.3 Å². The molecule has 1 rings (SSSR count). The highest BCUT2D eigenvalue weighted by atomic mass is 79.9. The van der Waals surface area contributed by atoms with Gasteiger partial charge < -0.3 is 5.73 Å². The summed E-state index contributed by atoms with van der Waals surface area (Å²) in [5, 5.41) is 0. The molecule has 0 spiro atoms. The van der Waals surface area contributed by atoms with Gasteiger partial charge >= 0.3 is 6.18 Å². The van der Waals surface area contributed by atoms with Crippen LogP contribution >= 0.6 is 28.3 Å². The maximum absolute atomic E-state index is 13.1. The minimum Gasteiger partial charge on any atom is -0.320 e. The Morgan fingerprint density at radius 2 is 1.88 bits per heavy atom. The van der Waals surface area contributed by atoms with Gasteiger partial charge in [0.1, 0.15) is 11.9 Å². The predicted octanol–water partition coefficient (Wildman–Crippen LogP) is 3.44. The molecule has 1 atom stereocenters. The summed E-state index contributed by atoms with van der Waals surface area (Å²) in [6, 6.07) is 1.77. The number of hydrogen-bond donors (Lipinski definition) is 1. The smallest absolute Gasteiger partial charge is 0.320 e. The van der Waals surface area contributed by atoms with Crippen LogP contribution in [0.2, 0.25) is 0 Å². The third-order valence-corrected chi connectivity index (χ3v) is 2.36. The van der Waals surface area contributed by atoms with Gasteiger partial charge in [0.2, 0.25) is 0 Å². The quantitative estimate of drug-likeness (QED) is 0.829. The van der Waals surface area contributed by atoms with Crippen molar-refractivity contribution in [3.63, 3.8) is 0 Å². The summed E-state index contributed by atoms with van der Waals surface area (Å²) in [5.74, 6) is -0.683. The third-order valence-electron chi connectivity index (χ3n) is 1.87. The van der Waals surface area contributed by atoms with Crippen LogP contribution in [0.15, 0.2) is 22.7 Å². The highest BCUT2D eigenvalue weighted by molar-refractivity contribution is 9.10. The Balaban J connectivity index is 0.00000225. The number of hydrogen-bond acceptors (Lipinski definition) is 1. The number of halogens is 6. The van der Waals surface area contributed by atoms with E-state index < -0.39 is 24.5 Å². The predicted molar refractivity (Wildman–Crippen MR) is 59.1 cm³/mol. The molecule has 0 radical (unpaired) electrons. The van der Waals surface area contributed by atoms with Gasteiger partial charge in [-0.3, -0.25) is 0 Å². The van der Waals surface area contributed by atoms with Crippen molar-refractivity contribution in [1.29, 1.82) is 0 Å². The molecule has 0 heterocycles. The summed E-state index contributed by atoms with van der Waals surface area (Å²) >= 11 is 3.05. The Hall–Kier alpha value is -0.330. The largest absolute Gasteiger partial charge is 0.403 e. The molecule has 0 aliphatic heterocycles. The molecular formula is C9H9BrClF4N. The molecule has 2 N–H and O–H groups in total. The molecule has 7 heteroatoms. The van der Waals surface area contributed by atoms with E-state index in [1.165, 1.54) is 12.1 Å². The van der Waals surface area contributed by atoms with Gasteiger partial charge in [-0.05, 0) is 30.2 Å². The number of nitrogens with two attached hydrogens (primary N) is 1. The van der Waals surface area contributed by atoms with Crippen LogP contribution in [0.25, 0.3) is 0 Å². The summed E-state index contributed by atoms with van der Waals surface area (Å²) < 4.78 is 49.9. The van der Waals surface area contributed by atoms with Crippen LogP contribution in [0.4, 0.5) is 17.6 Å². The normalized spacial score (nSPS) is 13.1. The third kappa shape index (κ3) is 4.27. The van der Waals surface area contributed by atoms with E-state index in [0.29, 0.717) is 4.47 Å². The van der Waals surface area contributed by atoms with E-state index >= 15 is 0 Å². The maximum Gasteiger partial charge on any atom is 0.403 e. The molecular weight excluding hydrogens is 313 g/mol. The minimum atomic E-state index is -4.51. The summed E-state index contributed by atoms with van der Waals surface area (Å²) in [6.45, 7) is 0. The van der Waals surface area contributed by atoms with E-state index in [1.807, 2.05) is 0 Å².